The number of benzene rings is 1. The van der Waals surface area contributed by atoms with Crippen molar-refractivity contribution in [2.75, 3.05) is 0 Å². The highest BCUT2D eigenvalue weighted by molar-refractivity contribution is 6.05. The Morgan fingerprint density at radius 3 is 2.48 bits per heavy atom. The number of pyridine rings is 1. The summed E-state index contributed by atoms with van der Waals surface area (Å²) in [5.41, 5.74) is 0.0245. The first kappa shape index (κ1) is 23.8. The minimum atomic E-state index is -0.689. The number of rotatable bonds is 7. The molecule has 3 rings (SSSR count). The van der Waals surface area contributed by atoms with Gasteiger partial charge in [0, 0.05) is 24.4 Å². The first-order valence-corrected chi connectivity index (χ1v) is 10.7. The minimum absolute atomic E-state index is 0.0309. The number of hydrogen-bond donors (Lipinski definition) is 2. The number of amides is 1. The summed E-state index contributed by atoms with van der Waals surface area (Å²) in [5, 5.41) is 13.9. The van der Waals surface area contributed by atoms with E-state index in [1.165, 1.54) is 16.7 Å². The molecule has 0 fully saturated rings. The molecular weight excluding hydrogens is 426 g/mol. The lowest BCUT2D eigenvalue weighted by Gasteiger charge is -2.18. The largest absolute Gasteiger partial charge is 0.345 e. The second kappa shape index (κ2) is 9.35. The minimum Gasteiger partial charge on any atom is -0.345 e. The summed E-state index contributed by atoms with van der Waals surface area (Å²) in [6.45, 7) is 9.70. The van der Waals surface area contributed by atoms with Crippen LogP contribution < -0.4 is 16.6 Å². The molecule has 2 heterocycles. The molecule has 0 spiro atoms. The van der Waals surface area contributed by atoms with Gasteiger partial charge in [0.2, 0.25) is 0 Å². The third-order valence-corrected chi connectivity index (χ3v) is 5.28. The van der Waals surface area contributed by atoms with Gasteiger partial charge in [-0.05, 0) is 30.4 Å². The van der Waals surface area contributed by atoms with E-state index in [9.17, 15) is 24.5 Å². The maximum atomic E-state index is 13.3. The van der Waals surface area contributed by atoms with Gasteiger partial charge in [-0.25, -0.2) is 9.78 Å². The maximum Gasteiger partial charge on any atom is 0.330 e. The molecule has 3 aromatic rings. The number of nitro groups is 1. The molecule has 0 aliphatic heterocycles. The molecule has 0 aliphatic rings. The lowest BCUT2D eigenvalue weighted by atomic mass is 10.0. The van der Waals surface area contributed by atoms with Crippen molar-refractivity contribution >= 4 is 22.6 Å². The first-order valence-electron chi connectivity index (χ1n) is 10.7. The molecule has 0 saturated heterocycles. The number of fused-ring (bicyclic) bond motifs is 1. The number of carbonyl (C=O) groups excluding carboxylic acids is 1. The summed E-state index contributed by atoms with van der Waals surface area (Å²) < 4.78 is 1.38. The molecule has 10 heteroatoms. The van der Waals surface area contributed by atoms with Crippen molar-refractivity contribution < 1.29 is 9.72 Å². The van der Waals surface area contributed by atoms with Crippen LogP contribution in [0.4, 0.5) is 5.69 Å². The molecule has 1 amide bonds. The Labute approximate surface area is 189 Å². The van der Waals surface area contributed by atoms with E-state index in [1.807, 2.05) is 27.7 Å². The Balaban J connectivity index is 2.14. The Morgan fingerprint density at radius 2 is 1.88 bits per heavy atom. The van der Waals surface area contributed by atoms with Crippen molar-refractivity contribution in [3.8, 4) is 0 Å². The van der Waals surface area contributed by atoms with Gasteiger partial charge in [0.1, 0.15) is 0 Å². The lowest BCUT2D eigenvalue weighted by Crippen LogP contribution is -2.35. The zero-order chi connectivity index (χ0) is 24.4. The highest BCUT2D eigenvalue weighted by Gasteiger charge is 2.22. The number of H-pyrrole nitrogens is 1. The van der Waals surface area contributed by atoms with Gasteiger partial charge in [0.05, 0.1) is 21.9 Å². The first-order chi connectivity index (χ1) is 15.5. The number of nitrogens with zero attached hydrogens (tertiary/aromatic N) is 3. The van der Waals surface area contributed by atoms with Crippen LogP contribution in [0.2, 0.25) is 0 Å². The number of aromatic nitrogens is 3. The summed E-state index contributed by atoms with van der Waals surface area (Å²) in [5.74, 6) is -0.493. The van der Waals surface area contributed by atoms with Gasteiger partial charge in [-0.3, -0.25) is 29.3 Å². The smallest absolute Gasteiger partial charge is 0.330 e. The third-order valence-electron chi connectivity index (χ3n) is 5.28. The quantitative estimate of drug-likeness (QED) is 0.416. The predicted molar refractivity (Wildman–Crippen MR) is 125 cm³/mol. The molecule has 0 saturated carbocycles. The zero-order valence-electron chi connectivity index (χ0n) is 19.2. The Morgan fingerprint density at radius 1 is 1.18 bits per heavy atom. The van der Waals surface area contributed by atoms with Crippen molar-refractivity contribution in [3.05, 3.63) is 78.1 Å². The number of nitro benzene ring substituents is 1. The van der Waals surface area contributed by atoms with Crippen molar-refractivity contribution in [1.82, 2.24) is 19.9 Å². The van der Waals surface area contributed by atoms with Gasteiger partial charge in [-0.1, -0.05) is 39.8 Å². The topological polar surface area (TPSA) is 140 Å². The van der Waals surface area contributed by atoms with Crippen LogP contribution in [0.15, 0.2) is 39.9 Å². The van der Waals surface area contributed by atoms with Crippen LogP contribution in [0.3, 0.4) is 0 Å². The SMILES string of the molecule is CC(C)Cn1c(=O)[nH]c(=O)c2c(C(=O)NC(C)c3cccc([N+](=O)[O-])c3)cc(C(C)C)nc21. The van der Waals surface area contributed by atoms with Gasteiger partial charge < -0.3 is 5.32 Å². The molecule has 174 valence electrons. The second-order valence-corrected chi connectivity index (χ2v) is 8.76. The van der Waals surface area contributed by atoms with Crippen LogP contribution in [0.25, 0.3) is 11.0 Å². The van der Waals surface area contributed by atoms with Gasteiger partial charge >= 0.3 is 5.69 Å². The molecule has 1 unspecified atom stereocenters. The lowest BCUT2D eigenvalue weighted by molar-refractivity contribution is -0.384. The molecular formula is C23H27N5O5. The summed E-state index contributed by atoms with van der Waals surface area (Å²) in [4.78, 5) is 56.0. The summed E-state index contributed by atoms with van der Waals surface area (Å²) >= 11 is 0. The highest BCUT2D eigenvalue weighted by atomic mass is 16.6. The molecule has 0 radical (unpaired) electrons. The molecule has 10 nitrogen and oxygen atoms in total. The fraction of sp³-hybridized carbons (Fsp3) is 0.391. The van der Waals surface area contributed by atoms with Crippen LogP contribution in [0.5, 0.6) is 0 Å². The summed E-state index contributed by atoms with van der Waals surface area (Å²) in [7, 11) is 0. The van der Waals surface area contributed by atoms with E-state index in [0.717, 1.165) is 0 Å². The zero-order valence-corrected chi connectivity index (χ0v) is 19.2. The van der Waals surface area contributed by atoms with Crippen LogP contribution in [0, 0.1) is 16.0 Å². The maximum absolute atomic E-state index is 13.3. The van der Waals surface area contributed by atoms with E-state index in [-0.39, 0.29) is 34.1 Å². The second-order valence-electron chi connectivity index (χ2n) is 8.76. The molecule has 2 aromatic heterocycles. The van der Waals surface area contributed by atoms with Crippen LogP contribution in [-0.2, 0) is 6.54 Å². The number of hydrogen-bond acceptors (Lipinski definition) is 6. The highest BCUT2D eigenvalue weighted by Crippen LogP contribution is 2.23. The van der Waals surface area contributed by atoms with E-state index < -0.39 is 28.1 Å². The third kappa shape index (κ3) is 5.00. The van der Waals surface area contributed by atoms with Crippen LogP contribution >= 0.6 is 0 Å². The average Bonchev–Trinajstić information content (AvgIpc) is 2.75. The van der Waals surface area contributed by atoms with Crippen LogP contribution in [-0.4, -0.2) is 25.4 Å². The number of aromatic amines is 1. The van der Waals surface area contributed by atoms with E-state index in [1.54, 1.807) is 25.1 Å². The van der Waals surface area contributed by atoms with Crippen molar-refractivity contribution in [3.63, 3.8) is 0 Å². The normalized spacial score (nSPS) is 12.3. The van der Waals surface area contributed by atoms with Gasteiger partial charge in [0.15, 0.2) is 5.65 Å². The Kier molecular flexibility index (Phi) is 6.75. The number of carbonyl (C=O) groups is 1. The fourth-order valence-corrected chi connectivity index (χ4v) is 3.57. The van der Waals surface area contributed by atoms with E-state index in [4.69, 9.17) is 0 Å². The summed E-state index contributed by atoms with van der Waals surface area (Å²) in [6, 6.07) is 6.98. The van der Waals surface area contributed by atoms with Crippen molar-refractivity contribution in [1.29, 1.82) is 0 Å². The standard InChI is InChI=1S/C23H27N5O5/c1-12(2)11-27-20-19(22(30)26-23(27)31)17(10-18(25-20)13(3)4)21(29)24-14(5)15-7-6-8-16(9-15)28(32)33/h6-10,12-14H,11H2,1-5H3,(H,24,29)(H,26,30,31). The number of nitrogens with one attached hydrogen (secondary N) is 2. The number of non-ortho nitro benzene ring substituents is 1. The van der Waals surface area contributed by atoms with Gasteiger partial charge in [-0.15, -0.1) is 0 Å². The van der Waals surface area contributed by atoms with Gasteiger partial charge in [-0.2, -0.15) is 0 Å². The molecule has 0 bridgehead atoms. The van der Waals surface area contributed by atoms with Crippen molar-refractivity contribution in [2.45, 2.75) is 53.1 Å². The fourth-order valence-electron chi connectivity index (χ4n) is 3.57. The van der Waals surface area contributed by atoms with E-state index in [0.29, 0.717) is 17.8 Å². The molecule has 2 N–H and O–H groups in total. The van der Waals surface area contributed by atoms with Crippen molar-refractivity contribution in [2.24, 2.45) is 5.92 Å². The molecule has 1 aromatic carbocycles. The van der Waals surface area contributed by atoms with E-state index >= 15 is 0 Å². The monoisotopic (exact) mass is 453 g/mol. The predicted octanol–water partition coefficient (Wildman–Crippen LogP) is 3.26. The van der Waals surface area contributed by atoms with Gasteiger partial charge in [0.25, 0.3) is 17.2 Å². The van der Waals surface area contributed by atoms with Crippen LogP contribution in [0.1, 0.15) is 68.2 Å². The Hall–Kier alpha value is -3.82. The van der Waals surface area contributed by atoms with E-state index in [2.05, 4.69) is 15.3 Å². The Bertz CT molecular complexity index is 1340. The average molecular weight is 453 g/mol. The summed E-state index contributed by atoms with van der Waals surface area (Å²) in [6.07, 6.45) is 0. The molecule has 33 heavy (non-hydrogen) atoms. The molecule has 0 aliphatic carbocycles. The molecule has 1 atom stereocenters.